The molecule has 0 fully saturated rings. The van der Waals surface area contributed by atoms with Crippen molar-refractivity contribution in [3.8, 4) is 0 Å². The van der Waals surface area contributed by atoms with Gasteiger partial charge in [-0.2, -0.15) is 0 Å². The Balaban J connectivity index is 1.76. The lowest BCUT2D eigenvalue weighted by Crippen LogP contribution is -2.52. The maximum atomic E-state index is 6.69. The normalized spacial score (nSPS) is 12.5. The van der Waals surface area contributed by atoms with Crippen molar-refractivity contribution in [2.24, 2.45) is 14.1 Å². The number of aromatic nitrogens is 2. The molecule has 6 aromatic rings. The number of benzene rings is 3. The SMILES string of the molecule is Cc1c2cc[n+](C)c2cc2oc3cc([Si](C)(C)c4ccccc4)cc4ccn(C)c(c12)c43. The molecule has 6 rings (SSSR count). The molecule has 158 valence electrons. The zero-order chi connectivity index (χ0) is 22.2. The van der Waals surface area contributed by atoms with E-state index in [1.54, 1.807) is 0 Å². The van der Waals surface area contributed by atoms with Crippen molar-refractivity contribution in [1.82, 2.24) is 4.57 Å². The molecule has 0 aliphatic heterocycles. The minimum atomic E-state index is -1.86. The molecule has 32 heavy (non-hydrogen) atoms. The van der Waals surface area contributed by atoms with Crippen LogP contribution in [0.3, 0.4) is 0 Å². The Morgan fingerprint density at radius 2 is 1.62 bits per heavy atom. The fraction of sp³-hybridized carbons (Fsp3) is 0.179. The summed E-state index contributed by atoms with van der Waals surface area (Å²) in [5, 5.41) is 7.78. The third-order valence-electron chi connectivity index (χ3n) is 7.29. The zero-order valence-corrected chi connectivity index (χ0v) is 20.2. The van der Waals surface area contributed by atoms with E-state index in [0.29, 0.717) is 0 Å². The maximum absolute atomic E-state index is 6.69. The first-order valence-corrected chi connectivity index (χ1v) is 14.2. The van der Waals surface area contributed by atoms with Gasteiger partial charge < -0.3 is 8.98 Å². The molecule has 3 aromatic carbocycles. The summed E-state index contributed by atoms with van der Waals surface area (Å²) in [6.07, 6.45) is 4.31. The Bertz CT molecular complexity index is 1670. The molecular formula is C28H27N2OSi+. The summed E-state index contributed by atoms with van der Waals surface area (Å²) in [6.45, 7) is 7.07. The van der Waals surface area contributed by atoms with Crippen molar-refractivity contribution in [3.63, 3.8) is 0 Å². The van der Waals surface area contributed by atoms with Gasteiger partial charge in [0.05, 0.1) is 17.0 Å². The topological polar surface area (TPSA) is 21.9 Å². The van der Waals surface area contributed by atoms with Crippen molar-refractivity contribution in [2.75, 3.05) is 0 Å². The van der Waals surface area contributed by atoms with Gasteiger partial charge in [0.25, 0.3) is 0 Å². The Morgan fingerprint density at radius 3 is 2.41 bits per heavy atom. The third kappa shape index (κ3) is 2.56. The standard InChI is InChI=1S/C28H27N2OSi/c1-18-22-12-14-29(2)23(22)17-25-26(18)28-27-19(11-13-30(28)3)15-21(16-24(27)31-25)32(4,5)20-9-7-6-8-10-20/h6-17H,1-5H3/q+1. The largest absolute Gasteiger partial charge is 0.456 e. The second kappa shape index (κ2) is 6.56. The summed E-state index contributed by atoms with van der Waals surface area (Å²) in [7, 11) is 2.37. The molecule has 0 saturated heterocycles. The van der Waals surface area contributed by atoms with E-state index in [0.717, 1.165) is 11.2 Å². The number of fused-ring (bicyclic) bond motifs is 3. The number of aryl methyl sites for hydroxylation is 3. The van der Waals surface area contributed by atoms with Gasteiger partial charge in [0.2, 0.25) is 5.52 Å². The highest BCUT2D eigenvalue weighted by Crippen LogP contribution is 2.37. The summed E-state index contributed by atoms with van der Waals surface area (Å²) in [5.74, 6) is 0. The molecule has 0 aliphatic carbocycles. The van der Waals surface area contributed by atoms with E-state index in [-0.39, 0.29) is 0 Å². The molecule has 0 aliphatic rings. The highest BCUT2D eigenvalue weighted by Gasteiger charge is 2.28. The van der Waals surface area contributed by atoms with Gasteiger partial charge in [-0.05, 0) is 30.0 Å². The molecule has 0 radical (unpaired) electrons. The highest BCUT2D eigenvalue weighted by atomic mass is 28.3. The van der Waals surface area contributed by atoms with Gasteiger partial charge in [0.15, 0.2) is 6.20 Å². The van der Waals surface area contributed by atoms with Crippen LogP contribution in [0.1, 0.15) is 5.56 Å². The van der Waals surface area contributed by atoms with E-state index in [4.69, 9.17) is 4.42 Å². The Morgan fingerprint density at radius 1 is 0.875 bits per heavy atom. The lowest BCUT2D eigenvalue weighted by Gasteiger charge is -2.25. The minimum Gasteiger partial charge on any atom is -0.456 e. The van der Waals surface area contributed by atoms with E-state index in [1.807, 2.05) is 0 Å². The summed E-state index contributed by atoms with van der Waals surface area (Å²) >= 11 is 0. The monoisotopic (exact) mass is 435 g/mol. The molecule has 0 saturated carbocycles. The average molecular weight is 436 g/mol. The lowest BCUT2D eigenvalue weighted by atomic mass is 10.0. The molecule has 0 unspecified atom stereocenters. The fourth-order valence-corrected chi connectivity index (χ4v) is 7.64. The highest BCUT2D eigenvalue weighted by molar-refractivity contribution is 7.00. The molecule has 0 amide bonds. The smallest absolute Gasteiger partial charge is 0.216 e. The van der Waals surface area contributed by atoms with Gasteiger partial charge in [-0.15, -0.1) is 0 Å². The molecule has 3 nitrogen and oxygen atoms in total. The van der Waals surface area contributed by atoms with Gasteiger partial charge in [-0.3, -0.25) is 0 Å². The van der Waals surface area contributed by atoms with Crippen LogP contribution < -0.4 is 14.9 Å². The van der Waals surface area contributed by atoms with E-state index in [1.165, 1.54) is 48.5 Å². The summed E-state index contributed by atoms with van der Waals surface area (Å²) in [6, 6.07) is 22.3. The number of rotatable bonds is 2. The van der Waals surface area contributed by atoms with Crippen LogP contribution in [0.25, 0.3) is 43.7 Å². The van der Waals surface area contributed by atoms with Crippen molar-refractivity contribution >= 4 is 62.2 Å². The Hall–Kier alpha value is -3.37. The van der Waals surface area contributed by atoms with Crippen LogP contribution in [-0.4, -0.2) is 12.6 Å². The number of hydrogen-bond donors (Lipinski definition) is 0. The van der Waals surface area contributed by atoms with Crippen LogP contribution in [0.4, 0.5) is 0 Å². The Labute approximate surface area is 188 Å². The maximum Gasteiger partial charge on any atom is 0.216 e. The van der Waals surface area contributed by atoms with Gasteiger partial charge >= 0.3 is 0 Å². The summed E-state index contributed by atoms with van der Waals surface area (Å²) in [5.41, 5.74) is 5.64. The fourth-order valence-electron chi connectivity index (χ4n) is 5.28. The molecule has 3 aromatic heterocycles. The number of hydrogen-bond acceptors (Lipinski definition) is 1. The predicted molar refractivity (Wildman–Crippen MR) is 137 cm³/mol. The van der Waals surface area contributed by atoms with Gasteiger partial charge in [-0.1, -0.05) is 59.9 Å². The van der Waals surface area contributed by atoms with Crippen molar-refractivity contribution < 1.29 is 8.98 Å². The first kappa shape index (κ1) is 19.3. The lowest BCUT2D eigenvalue weighted by molar-refractivity contribution is -0.642. The van der Waals surface area contributed by atoms with Gasteiger partial charge in [0.1, 0.15) is 26.3 Å². The van der Waals surface area contributed by atoms with Crippen molar-refractivity contribution in [3.05, 3.63) is 78.6 Å². The third-order valence-corrected chi connectivity index (χ3v) is 10.8. The van der Waals surface area contributed by atoms with Crippen LogP contribution >= 0.6 is 0 Å². The first-order valence-electron chi connectivity index (χ1n) is 11.2. The second-order valence-electron chi connectivity index (χ2n) is 9.54. The van der Waals surface area contributed by atoms with E-state index >= 15 is 0 Å². The van der Waals surface area contributed by atoms with Crippen LogP contribution in [0.5, 0.6) is 0 Å². The molecule has 0 N–H and O–H groups in total. The van der Waals surface area contributed by atoms with Crippen LogP contribution in [0, 0.1) is 6.92 Å². The predicted octanol–water partition coefficient (Wildman–Crippen LogP) is 5.19. The van der Waals surface area contributed by atoms with Crippen molar-refractivity contribution in [1.29, 1.82) is 0 Å². The van der Waals surface area contributed by atoms with Gasteiger partial charge in [0, 0.05) is 30.1 Å². The van der Waals surface area contributed by atoms with E-state index in [2.05, 4.69) is 116 Å². The molecule has 0 atom stereocenters. The van der Waals surface area contributed by atoms with E-state index in [9.17, 15) is 0 Å². The average Bonchev–Trinajstić information content (AvgIpc) is 3.16. The van der Waals surface area contributed by atoms with Crippen LogP contribution in [0.15, 0.2) is 77.5 Å². The molecular weight excluding hydrogens is 408 g/mol. The van der Waals surface area contributed by atoms with E-state index < -0.39 is 8.07 Å². The molecule has 4 heteroatoms. The molecule has 3 heterocycles. The minimum absolute atomic E-state index is 0.948. The summed E-state index contributed by atoms with van der Waals surface area (Å²) < 4.78 is 11.1. The summed E-state index contributed by atoms with van der Waals surface area (Å²) in [4.78, 5) is 0. The van der Waals surface area contributed by atoms with Crippen LogP contribution in [0.2, 0.25) is 13.1 Å². The second-order valence-corrected chi connectivity index (χ2v) is 13.9. The van der Waals surface area contributed by atoms with Crippen molar-refractivity contribution in [2.45, 2.75) is 20.0 Å². The quantitative estimate of drug-likeness (QED) is 0.159. The van der Waals surface area contributed by atoms with Gasteiger partial charge in [-0.25, -0.2) is 4.57 Å². The Kier molecular flexibility index (Phi) is 3.96. The number of pyridine rings is 1. The number of nitrogens with zero attached hydrogens (tertiary/aromatic N) is 2. The molecule has 0 spiro atoms. The van der Waals surface area contributed by atoms with Crippen LogP contribution in [-0.2, 0) is 14.1 Å². The molecule has 0 bridgehead atoms. The zero-order valence-electron chi connectivity index (χ0n) is 19.2. The first-order chi connectivity index (χ1) is 15.4.